The third-order valence-corrected chi connectivity index (χ3v) is 5.81. The summed E-state index contributed by atoms with van der Waals surface area (Å²) in [4.78, 5) is 27.2. The fourth-order valence-corrected chi connectivity index (χ4v) is 4.18. The summed E-state index contributed by atoms with van der Waals surface area (Å²) in [6.45, 7) is 4.58. The lowest BCUT2D eigenvalue weighted by Gasteiger charge is -2.44. The Morgan fingerprint density at radius 1 is 1.07 bits per heavy atom. The highest BCUT2D eigenvalue weighted by Crippen LogP contribution is 2.31. The van der Waals surface area contributed by atoms with Crippen LogP contribution in [0, 0.1) is 5.92 Å². The largest absolute Gasteiger partial charge is 0.459 e. The highest BCUT2D eigenvalue weighted by Gasteiger charge is 2.37. The van der Waals surface area contributed by atoms with E-state index >= 15 is 0 Å². The summed E-state index contributed by atoms with van der Waals surface area (Å²) in [7, 11) is 0. The number of nitrogens with zero attached hydrogens (tertiary/aromatic N) is 1. The normalized spacial score (nSPS) is 24.4. The van der Waals surface area contributed by atoms with Gasteiger partial charge in [-0.1, -0.05) is 42.5 Å². The molecule has 5 heteroatoms. The van der Waals surface area contributed by atoms with Crippen molar-refractivity contribution >= 4 is 17.4 Å². The zero-order valence-electron chi connectivity index (χ0n) is 16.1. The van der Waals surface area contributed by atoms with Gasteiger partial charge in [-0.25, -0.2) is 4.79 Å². The van der Waals surface area contributed by atoms with E-state index in [4.69, 9.17) is 4.74 Å². The van der Waals surface area contributed by atoms with Crippen LogP contribution in [-0.2, 0) is 9.53 Å². The smallest absolute Gasteiger partial charge is 0.333 e. The molecule has 1 N–H and O–H groups in total. The van der Waals surface area contributed by atoms with Crippen LogP contribution in [0.1, 0.15) is 41.7 Å². The summed E-state index contributed by atoms with van der Waals surface area (Å²) < 4.78 is 5.98. The molecule has 3 saturated heterocycles. The molecule has 5 nitrogen and oxygen atoms in total. The van der Waals surface area contributed by atoms with Gasteiger partial charge in [0.1, 0.15) is 6.10 Å². The SMILES string of the molecule is CC(=O)c1cccc(N[C@@H](C(=O)O[C@H]2CN3CCC2CC3)c2ccccc2)c1. The molecule has 2 aromatic rings. The number of nitrogens with one attached hydrogen (secondary N) is 1. The first-order valence-electron chi connectivity index (χ1n) is 9.95. The number of carbonyl (C=O) groups is 2. The van der Waals surface area contributed by atoms with Crippen molar-refractivity contribution in [2.75, 3.05) is 25.0 Å². The van der Waals surface area contributed by atoms with Crippen LogP contribution in [0.5, 0.6) is 0 Å². The fourth-order valence-electron chi connectivity index (χ4n) is 4.18. The van der Waals surface area contributed by atoms with E-state index in [0.29, 0.717) is 11.5 Å². The molecule has 0 amide bonds. The highest BCUT2D eigenvalue weighted by atomic mass is 16.5. The summed E-state index contributed by atoms with van der Waals surface area (Å²) in [6, 6.07) is 16.2. The van der Waals surface area contributed by atoms with Gasteiger partial charge >= 0.3 is 5.97 Å². The molecule has 2 aromatic carbocycles. The number of ketones is 1. The number of rotatable bonds is 6. The average Bonchev–Trinajstić information content (AvgIpc) is 2.73. The molecule has 0 radical (unpaired) electrons. The number of fused-ring (bicyclic) bond motifs is 3. The Kier molecular flexibility index (Phi) is 5.44. The molecule has 28 heavy (non-hydrogen) atoms. The maximum atomic E-state index is 13.1. The van der Waals surface area contributed by atoms with E-state index < -0.39 is 6.04 Å². The number of Topliss-reactive ketones (excluding diaryl/α,β-unsaturated/α-hetero) is 1. The van der Waals surface area contributed by atoms with Gasteiger partial charge in [-0.3, -0.25) is 9.69 Å². The Morgan fingerprint density at radius 2 is 1.82 bits per heavy atom. The van der Waals surface area contributed by atoms with Crippen molar-refractivity contribution < 1.29 is 14.3 Å². The molecule has 0 aliphatic carbocycles. The van der Waals surface area contributed by atoms with Crippen LogP contribution >= 0.6 is 0 Å². The molecule has 0 saturated carbocycles. The first-order chi connectivity index (χ1) is 13.6. The number of esters is 1. The van der Waals surface area contributed by atoms with Gasteiger partial charge in [0.2, 0.25) is 0 Å². The Balaban J connectivity index is 1.54. The molecular formula is C23H26N2O3. The monoisotopic (exact) mass is 378 g/mol. The minimum absolute atomic E-state index is 0.00484. The van der Waals surface area contributed by atoms with Gasteiger partial charge in [0, 0.05) is 17.8 Å². The number of benzene rings is 2. The maximum Gasteiger partial charge on any atom is 0.333 e. The molecule has 146 valence electrons. The van der Waals surface area contributed by atoms with Gasteiger partial charge in [-0.15, -0.1) is 0 Å². The lowest BCUT2D eigenvalue weighted by Crippen LogP contribution is -2.52. The Labute approximate surface area is 165 Å². The second kappa shape index (κ2) is 8.15. The van der Waals surface area contributed by atoms with Gasteiger partial charge in [0.05, 0.1) is 0 Å². The number of anilines is 1. The van der Waals surface area contributed by atoms with Gasteiger partial charge in [-0.2, -0.15) is 0 Å². The van der Waals surface area contributed by atoms with E-state index in [1.165, 1.54) is 6.92 Å². The summed E-state index contributed by atoms with van der Waals surface area (Å²) >= 11 is 0. The molecule has 0 unspecified atom stereocenters. The molecule has 3 heterocycles. The Morgan fingerprint density at radius 3 is 2.46 bits per heavy atom. The molecule has 2 atom stereocenters. The van der Waals surface area contributed by atoms with Gasteiger partial charge in [-0.05, 0) is 56.5 Å². The molecule has 5 rings (SSSR count). The first kappa shape index (κ1) is 18.7. The van der Waals surface area contributed by atoms with Crippen molar-refractivity contribution in [3.8, 4) is 0 Å². The predicted octanol–water partition coefficient (Wildman–Crippen LogP) is 3.68. The molecule has 3 aliphatic rings. The summed E-state index contributed by atoms with van der Waals surface area (Å²) in [5.74, 6) is 0.194. The van der Waals surface area contributed by atoms with Crippen molar-refractivity contribution in [3.63, 3.8) is 0 Å². The van der Waals surface area contributed by atoms with Crippen LogP contribution < -0.4 is 5.32 Å². The zero-order valence-corrected chi connectivity index (χ0v) is 16.1. The van der Waals surface area contributed by atoms with E-state index in [0.717, 1.165) is 43.7 Å². The lowest BCUT2D eigenvalue weighted by atomic mass is 9.86. The quantitative estimate of drug-likeness (QED) is 0.614. The summed E-state index contributed by atoms with van der Waals surface area (Å²) in [5, 5.41) is 3.28. The summed E-state index contributed by atoms with van der Waals surface area (Å²) in [6.07, 6.45) is 2.16. The number of piperidine rings is 3. The third kappa shape index (κ3) is 4.09. The number of ether oxygens (including phenoxy) is 1. The minimum atomic E-state index is -0.612. The molecule has 3 fully saturated rings. The van der Waals surface area contributed by atoms with Crippen LogP contribution in [0.2, 0.25) is 0 Å². The van der Waals surface area contributed by atoms with E-state index in [9.17, 15) is 9.59 Å². The number of carbonyl (C=O) groups excluding carboxylic acids is 2. The van der Waals surface area contributed by atoms with Crippen LogP contribution in [-0.4, -0.2) is 42.4 Å². The highest BCUT2D eigenvalue weighted by molar-refractivity contribution is 5.95. The molecule has 3 aliphatic heterocycles. The van der Waals surface area contributed by atoms with Crippen molar-refractivity contribution in [1.82, 2.24) is 4.90 Å². The number of hydrogen-bond donors (Lipinski definition) is 1. The predicted molar refractivity (Wildman–Crippen MR) is 108 cm³/mol. The minimum Gasteiger partial charge on any atom is -0.459 e. The second-order valence-electron chi connectivity index (χ2n) is 7.74. The molecule has 0 spiro atoms. The third-order valence-electron chi connectivity index (χ3n) is 5.81. The van der Waals surface area contributed by atoms with E-state index in [1.807, 2.05) is 42.5 Å². The zero-order chi connectivity index (χ0) is 19.5. The van der Waals surface area contributed by atoms with Crippen molar-refractivity contribution in [2.45, 2.75) is 31.9 Å². The second-order valence-corrected chi connectivity index (χ2v) is 7.74. The van der Waals surface area contributed by atoms with Gasteiger partial charge in [0.15, 0.2) is 11.8 Å². The lowest BCUT2D eigenvalue weighted by molar-refractivity contribution is -0.159. The van der Waals surface area contributed by atoms with E-state index in [2.05, 4.69) is 10.2 Å². The molecule has 0 aromatic heterocycles. The van der Waals surface area contributed by atoms with Gasteiger partial charge < -0.3 is 10.1 Å². The fraction of sp³-hybridized carbons (Fsp3) is 0.391. The Hall–Kier alpha value is -2.66. The van der Waals surface area contributed by atoms with E-state index in [1.54, 1.807) is 12.1 Å². The summed E-state index contributed by atoms with van der Waals surface area (Å²) in [5.41, 5.74) is 2.19. The Bertz CT molecular complexity index is 844. The van der Waals surface area contributed by atoms with Crippen molar-refractivity contribution in [3.05, 3.63) is 65.7 Å². The van der Waals surface area contributed by atoms with Crippen LogP contribution in [0.25, 0.3) is 0 Å². The standard InChI is InChI=1S/C23H26N2O3/c1-16(26)19-8-5-9-20(14-19)24-22(18-6-3-2-4-7-18)23(27)28-21-15-25-12-10-17(21)11-13-25/h2-9,14,17,21-22,24H,10-13,15H2,1H3/t21-,22+/m0/s1. The average molecular weight is 378 g/mol. The van der Waals surface area contributed by atoms with Gasteiger partial charge in [0.25, 0.3) is 0 Å². The molecular weight excluding hydrogens is 352 g/mol. The van der Waals surface area contributed by atoms with Crippen LogP contribution in [0.3, 0.4) is 0 Å². The van der Waals surface area contributed by atoms with E-state index in [-0.39, 0.29) is 17.9 Å². The van der Waals surface area contributed by atoms with Crippen LogP contribution in [0.15, 0.2) is 54.6 Å². The topological polar surface area (TPSA) is 58.6 Å². The number of hydrogen-bond acceptors (Lipinski definition) is 5. The molecule has 2 bridgehead atoms. The maximum absolute atomic E-state index is 13.1. The first-order valence-corrected chi connectivity index (χ1v) is 9.95. The van der Waals surface area contributed by atoms with Crippen molar-refractivity contribution in [2.24, 2.45) is 5.92 Å². The van der Waals surface area contributed by atoms with Crippen molar-refractivity contribution in [1.29, 1.82) is 0 Å². The van der Waals surface area contributed by atoms with Crippen LogP contribution in [0.4, 0.5) is 5.69 Å².